The number of benzene rings is 3. The summed E-state index contributed by atoms with van der Waals surface area (Å²) >= 11 is 3.22. The quantitative estimate of drug-likeness (QED) is 0.381. The molecule has 3 aromatic carbocycles. The van der Waals surface area contributed by atoms with Crippen LogP contribution in [0.5, 0.6) is 0 Å². The van der Waals surface area contributed by atoms with Gasteiger partial charge in [0.2, 0.25) is 0 Å². The van der Waals surface area contributed by atoms with Gasteiger partial charge in [-0.2, -0.15) is 0 Å². The number of aromatic nitrogens is 1. The molecule has 1 aromatic heterocycles. The second-order valence-electron chi connectivity index (χ2n) is 6.70. The van der Waals surface area contributed by atoms with Crippen LogP contribution in [0.3, 0.4) is 0 Å². The lowest BCUT2D eigenvalue weighted by molar-refractivity contribution is 0.102. The molecule has 0 unspecified atom stereocenters. The number of hydrogen-bond acceptors (Lipinski definition) is 2. The summed E-state index contributed by atoms with van der Waals surface area (Å²) in [6.07, 6.45) is 0.956. The average Bonchev–Trinajstić information content (AvgIpc) is 2.75. The van der Waals surface area contributed by atoms with E-state index in [4.69, 9.17) is 4.98 Å². The minimum atomic E-state index is -0.499. The number of aryl methyl sites for hydroxylation is 1. The van der Waals surface area contributed by atoms with Crippen molar-refractivity contribution >= 4 is 38.4 Å². The van der Waals surface area contributed by atoms with Crippen LogP contribution in [0.1, 0.15) is 22.8 Å². The molecule has 4 aromatic rings. The number of nitrogens with one attached hydrogen (secondary N) is 1. The number of pyridine rings is 1. The summed E-state index contributed by atoms with van der Waals surface area (Å²) in [5.74, 6) is -0.877. The minimum Gasteiger partial charge on any atom is -0.319 e. The van der Waals surface area contributed by atoms with Gasteiger partial charge in [0.05, 0.1) is 22.5 Å². The van der Waals surface area contributed by atoms with Crippen molar-refractivity contribution in [3.8, 4) is 11.3 Å². The molecule has 0 saturated carbocycles. The molecule has 0 aliphatic carbocycles. The molecule has 144 valence electrons. The molecule has 0 fully saturated rings. The van der Waals surface area contributed by atoms with Crippen LogP contribution in [-0.4, -0.2) is 10.9 Å². The Hall–Kier alpha value is -3.05. The molecule has 29 heavy (non-hydrogen) atoms. The van der Waals surface area contributed by atoms with Crippen LogP contribution >= 0.6 is 15.9 Å². The van der Waals surface area contributed by atoms with E-state index in [1.807, 2.05) is 36.4 Å². The first-order chi connectivity index (χ1) is 14.0. The van der Waals surface area contributed by atoms with Crippen molar-refractivity contribution in [1.82, 2.24) is 4.98 Å². The average molecular weight is 449 g/mol. The fraction of sp³-hybridized carbons (Fsp3) is 0.0833. The fourth-order valence-electron chi connectivity index (χ4n) is 3.20. The number of hydrogen-bond donors (Lipinski definition) is 1. The molecule has 3 nitrogen and oxygen atoms in total. The van der Waals surface area contributed by atoms with E-state index in [1.165, 1.54) is 17.7 Å². The van der Waals surface area contributed by atoms with Gasteiger partial charge in [0.1, 0.15) is 5.82 Å². The van der Waals surface area contributed by atoms with E-state index in [0.717, 1.165) is 17.4 Å². The van der Waals surface area contributed by atoms with E-state index in [-0.39, 0.29) is 11.6 Å². The SMILES string of the molecule is CCc1ccc(-c2cc(C(=O)Nc3ccc(Br)cc3F)c3ccccc3n2)cc1. The minimum absolute atomic E-state index is 0.132. The lowest BCUT2D eigenvalue weighted by Crippen LogP contribution is -2.14. The maximum atomic E-state index is 14.2. The largest absolute Gasteiger partial charge is 0.319 e. The summed E-state index contributed by atoms with van der Waals surface area (Å²) < 4.78 is 14.8. The van der Waals surface area contributed by atoms with E-state index < -0.39 is 5.82 Å². The monoisotopic (exact) mass is 448 g/mol. The number of amides is 1. The van der Waals surface area contributed by atoms with Crippen molar-refractivity contribution in [2.45, 2.75) is 13.3 Å². The Balaban J connectivity index is 1.78. The molecule has 0 aliphatic heterocycles. The third kappa shape index (κ3) is 4.05. The van der Waals surface area contributed by atoms with Gasteiger partial charge in [0, 0.05) is 15.4 Å². The molecule has 0 bridgehead atoms. The number of rotatable bonds is 4. The number of para-hydroxylation sites is 1. The van der Waals surface area contributed by atoms with Crippen molar-refractivity contribution in [1.29, 1.82) is 0 Å². The van der Waals surface area contributed by atoms with Crippen molar-refractivity contribution in [3.63, 3.8) is 0 Å². The number of anilines is 1. The van der Waals surface area contributed by atoms with E-state index in [1.54, 1.807) is 12.1 Å². The lowest BCUT2D eigenvalue weighted by atomic mass is 10.0. The molecule has 1 N–H and O–H groups in total. The zero-order valence-corrected chi connectivity index (χ0v) is 17.3. The summed E-state index contributed by atoms with van der Waals surface area (Å²) in [6, 6.07) is 21.9. The van der Waals surface area contributed by atoms with Crippen molar-refractivity contribution in [2.24, 2.45) is 0 Å². The molecule has 0 atom stereocenters. The predicted octanol–water partition coefficient (Wildman–Crippen LogP) is 6.62. The van der Waals surface area contributed by atoms with Crippen LogP contribution in [0.15, 0.2) is 77.3 Å². The first-order valence-corrected chi connectivity index (χ1v) is 10.1. The van der Waals surface area contributed by atoms with Crippen LogP contribution in [-0.2, 0) is 6.42 Å². The molecular weight excluding hydrogens is 431 g/mol. The van der Waals surface area contributed by atoms with Crippen LogP contribution in [0.25, 0.3) is 22.2 Å². The molecule has 1 heterocycles. The van der Waals surface area contributed by atoms with E-state index in [0.29, 0.717) is 21.2 Å². The van der Waals surface area contributed by atoms with E-state index in [2.05, 4.69) is 40.3 Å². The number of halogens is 2. The van der Waals surface area contributed by atoms with Gasteiger partial charge < -0.3 is 5.32 Å². The van der Waals surface area contributed by atoms with Crippen LogP contribution in [0.2, 0.25) is 0 Å². The zero-order chi connectivity index (χ0) is 20.4. The van der Waals surface area contributed by atoms with Gasteiger partial charge in [-0.25, -0.2) is 9.37 Å². The Morgan fingerprint density at radius 2 is 1.79 bits per heavy atom. The summed E-state index contributed by atoms with van der Waals surface area (Å²) in [5, 5.41) is 3.40. The van der Waals surface area contributed by atoms with Gasteiger partial charge in [-0.1, -0.05) is 65.3 Å². The maximum Gasteiger partial charge on any atom is 0.256 e. The molecule has 1 amide bonds. The van der Waals surface area contributed by atoms with Gasteiger partial charge in [0.25, 0.3) is 5.91 Å². The highest BCUT2D eigenvalue weighted by atomic mass is 79.9. The zero-order valence-electron chi connectivity index (χ0n) is 15.7. The van der Waals surface area contributed by atoms with Gasteiger partial charge in [-0.05, 0) is 42.3 Å². The molecule has 0 aliphatic rings. The second-order valence-corrected chi connectivity index (χ2v) is 7.62. The van der Waals surface area contributed by atoms with Crippen molar-refractivity contribution < 1.29 is 9.18 Å². The first-order valence-electron chi connectivity index (χ1n) is 9.30. The first kappa shape index (κ1) is 19.3. The molecule has 0 spiro atoms. The van der Waals surface area contributed by atoms with E-state index >= 15 is 0 Å². The third-order valence-electron chi connectivity index (χ3n) is 4.80. The Labute approximate surface area is 176 Å². The molecule has 4 rings (SSSR count). The normalized spacial score (nSPS) is 10.9. The predicted molar refractivity (Wildman–Crippen MR) is 119 cm³/mol. The summed E-state index contributed by atoms with van der Waals surface area (Å²) in [5.41, 5.74) is 4.16. The maximum absolute atomic E-state index is 14.2. The smallest absolute Gasteiger partial charge is 0.256 e. The Morgan fingerprint density at radius 3 is 2.52 bits per heavy atom. The third-order valence-corrected chi connectivity index (χ3v) is 5.29. The number of carbonyl (C=O) groups excluding carboxylic acids is 1. The van der Waals surface area contributed by atoms with E-state index in [9.17, 15) is 9.18 Å². The second kappa shape index (κ2) is 8.13. The highest BCUT2D eigenvalue weighted by Gasteiger charge is 2.15. The summed E-state index contributed by atoms with van der Waals surface area (Å²) in [7, 11) is 0. The van der Waals surface area contributed by atoms with Crippen molar-refractivity contribution in [3.05, 3.63) is 94.2 Å². The molecular formula is C24H18BrFN2O. The van der Waals surface area contributed by atoms with Crippen molar-refractivity contribution in [2.75, 3.05) is 5.32 Å². The highest BCUT2D eigenvalue weighted by molar-refractivity contribution is 9.10. The molecule has 0 radical (unpaired) electrons. The summed E-state index contributed by atoms with van der Waals surface area (Å²) in [4.78, 5) is 17.8. The number of nitrogens with zero attached hydrogens (tertiary/aromatic N) is 1. The fourth-order valence-corrected chi connectivity index (χ4v) is 3.54. The van der Waals surface area contributed by atoms with Crippen LogP contribution < -0.4 is 5.32 Å². The number of fused-ring (bicyclic) bond motifs is 1. The van der Waals surface area contributed by atoms with Gasteiger partial charge >= 0.3 is 0 Å². The lowest BCUT2D eigenvalue weighted by Gasteiger charge is -2.11. The highest BCUT2D eigenvalue weighted by Crippen LogP contribution is 2.27. The van der Waals surface area contributed by atoms with Crippen LogP contribution in [0.4, 0.5) is 10.1 Å². The number of carbonyl (C=O) groups is 1. The molecule has 0 saturated heterocycles. The van der Waals surface area contributed by atoms with Gasteiger partial charge in [-0.15, -0.1) is 0 Å². The standard InChI is InChI=1S/C24H18BrFN2O/c1-2-15-7-9-16(10-8-15)23-14-19(18-5-3-4-6-21(18)27-23)24(29)28-22-12-11-17(25)13-20(22)26/h3-14H,2H2,1H3,(H,28,29). The van der Waals surface area contributed by atoms with Crippen LogP contribution in [0, 0.1) is 5.82 Å². The topological polar surface area (TPSA) is 42.0 Å². The Morgan fingerprint density at radius 1 is 1.03 bits per heavy atom. The molecule has 5 heteroatoms. The Kier molecular flexibility index (Phi) is 5.41. The Bertz CT molecular complexity index is 1210. The summed E-state index contributed by atoms with van der Waals surface area (Å²) in [6.45, 7) is 2.10. The van der Waals surface area contributed by atoms with Gasteiger partial charge in [0.15, 0.2) is 0 Å². The van der Waals surface area contributed by atoms with Gasteiger partial charge in [-0.3, -0.25) is 4.79 Å².